The molecular weight excluding hydrogens is 860 g/mol. The number of hydrogen-bond donors (Lipinski definition) is 0. The lowest BCUT2D eigenvalue weighted by Crippen LogP contribution is -2.61. The molecule has 2 aliphatic rings. The summed E-state index contributed by atoms with van der Waals surface area (Å²) in [6.07, 6.45) is 0. The van der Waals surface area contributed by atoms with Crippen LogP contribution in [-0.4, -0.2) is 15.5 Å². The van der Waals surface area contributed by atoms with E-state index in [0.29, 0.717) is 0 Å². The second kappa shape index (κ2) is 13.7. The lowest BCUT2D eigenvalue weighted by Gasteiger charge is -2.44. The standard InChI is InChI=1S/C66H39BN4/c1-3-16-42(17-4-1)68-58-32-15-33-59-62(58)67(54-36-34-40(38-60(54)68)44-22-11-26-50-52-28-13-24-48-46-20-7-9-30-56(46)70(63(44)50)65(48)52)55-37-35-41(39-61(55)69(59)43-18-5-2-6-19-43)45-23-12-27-51-53-29-14-25-49-47-21-8-10-31-57(47)71(64(45)51)66(49)53/h1-39H. The maximum Gasteiger partial charge on any atom is 0.252 e. The summed E-state index contributed by atoms with van der Waals surface area (Å²) in [5.74, 6) is 0. The second-order valence-corrected chi connectivity index (χ2v) is 19.5. The van der Waals surface area contributed by atoms with Crippen molar-refractivity contribution in [1.82, 2.24) is 8.80 Å². The number of rotatable bonds is 4. The van der Waals surface area contributed by atoms with Crippen molar-refractivity contribution in [2.45, 2.75) is 0 Å². The molecule has 0 atom stereocenters. The SMILES string of the molecule is c1ccc(N2c3cc(-c4cccc5c6cccc7c8ccccc8n(c45)c76)ccc3B3c4ccc(-c5cccc6c7cccc8c9ccccc9n(c56)c87)cc4N(c4ccccc4)c4cccc2c43)cc1. The molecule has 0 N–H and O–H groups in total. The first kappa shape index (κ1) is 37.6. The van der Waals surface area contributed by atoms with Crippen molar-refractivity contribution >= 4 is 133 Å². The molecule has 0 saturated carbocycles. The van der Waals surface area contributed by atoms with Crippen LogP contribution in [-0.2, 0) is 0 Å². The van der Waals surface area contributed by atoms with E-state index < -0.39 is 0 Å². The number of nitrogens with zero attached hydrogens (tertiary/aromatic N) is 4. The Labute approximate surface area is 408 Å². The number of para-hydroxylation sites is 8. The number of benzene rings is 11. The van der Waals surface area contributed by atoms with Gasteiger partial charge in [0.2, 0.25) is 0 Å². The van der Waals surface area contributed by atoms with Crippen molar-refractivity contribution in [2.24, 2.45) is 0 Å². The van der Waals surface area contributed by atoms with E-state index in [1.54, 1.807) is 0 Å². The molecule has 0 aliphatic carbocycles. The van der Waals surface area contributed by atoms with Crippen molar-refractivity contribution in [1.29, 1.82) is 0 Å². The maximum absolute atomic E-state index is 2.52. The number of aromatic nitrogens is 2. The monoisotopic (exact) mass is 898 g/mol. The Morgan fingerprint density at radius 2 is 0.634 bits per heavy atom. The van der Waals surface area contributed by atoms with E-state index in [2.05, 4.69) is 255 Å². The number of anilines is 6. The lowest BCUT2D eigenvalue weighted by atomic mass is 9.33. The van der Waals surface area contributed by atoms with Gasteiger partial charge >= 0.3 is 0 Å². The minimum Gasteiger partial charge on any atom is -0.311 e. The Kier molecular flexibility index (Phi) is 7.26. The van der Waals surface area contributed by atoms with Gasteiger partial charge < -0.3 is 18.6 Å². The first-order chi connectivity index (χ1) is 35.3. The van der Waals surface area contributed by atoms with Crippen LogP contribution >= 0.6 is 0 Å². The number of hydrogen-bond acceptors (Lipinski definition) is 2. The molecule has 0 radical (unpaired) electrons. The molecule has 71 heavy (non-hydrogen) atoms. The van der Waals surface area contributed by atoms with E-state index in [0.717, 1.165) is 11.4 Å². The first-order valence-electron chi connectivity index (χ1n) is 24.7. The molecule has 0 fully saturated rings. The van der Waals surface area contributed by atoms with Crippen LogP contribution in [0.2, 0.25) is 0 Å². The van der Waals surface area contributed by atoms with Crippen molar-refractivity contribution in [3.8, 4) is 22.3 Å². The largest absolute Gasteiger partial charge is 0.311 e. The van der Waals surface area contributed by atoms with Crippen LogP contribution in [0.5, 0.6) is 0 Å². The van der Waals surface area contributed by atoms with Gasteiger partial charge in [-0.15, -0.1) is 0 Å². The zero-order chi connectivity index (χ0) is 46.1. The molecule has 11 aromatic carbocycles. The Bertz CT molecular complexity index is 4430. The van der Waals surface area contributed by atoms with Crippen LogP contribution in [0.3, 0.4) is 0 Å². The molecule has 5 heteroatoms. The fourth-order valence-electron chi connectivity index (χ4n) is 13.4. The minimum absolute atomic E-state index is 0.0215. The van der Waals surface area contributed by atoms with Gasteiger partial charge in [0.25, 0.3) is 6.71 Å². The average Bonchev–Trinajstić information content (AvgIpc) is 4.19. The lowest BCUT2D eigenvalue weighted by molar-refractivity contribution is 1.25. The van der Waals surface area contributed by atoms with Crippen LogP contribution in [0.15, 0.2) is 237 Å². The zero-order valence-electron chi connectivity index (χ0n) is 38.4. The van der Waals surface area contributed by atoms with Crippen molar-refractivity contribution in [3.05, 3.63) is 237 Å². The van der Waals surface area contributed by atoms with Gasteiger partial charge in [-0.3, -0.25) is 0 Å². The fraction of sp³-hybridized carbons (Fsp3) is 0. The smallest absolute Gasteiger partial charge is 0.252 e. The maximum atomic E-state index is 2.52. The van der Waals surface area contributed by atoms with Gasteiger partial charge in [-0.05, 0) is 88.2 Å². The van der Waals surface area contributed by atoms with Crippen molar-refractivity contribution < 1.29 is 0 Å². The Morgan fingerprint density at radius 3 is 1.10 bits per heavy atom. The molecule has 17 rings (SSSR count). The summed E-state index contributed by atoms with van der Waals surface area (Å²) >= 11 is 0. The molecular formula is C66H39BN4. The van der Waals surface area contributed by atoms with Gasteiger partial charge in [0.05, 0.1) is 33.1 Å². The molecule has 4 nitrogen and oxygen atoms in total. The van der Waals surface area contributed by atoms with Crippen LogP contribution in [0, 0.1) is 0 Å². The normalized spacial score (nSPS) is 13.3. The van der Waals surface area contributed by atoms with Crippen LogP contribution < -0.4 is 26.2 Å². The van der Waals surface area contributed by atoms with E-state index in [1.165, 1.54) is 138 Å². The highest BCUT2D eigenvalue weighted by atomic mass is 15.2. The molecule has 326 valence electrons. The number of fused-ring (bicyclic) bond motifs is 16. The van der Waals surface area contributed by atoms with Gasteiger partial charge in [0.1, 0.15) is 0 Å². The molecule has 0 bridgehead atoms. The van der Waals surface area contributed by atoms with Gasteiger partial charge in [-0.25, -0.2) is 0 Å². The van der Waals surface area contributed by atoms with E-state index in [4.69, 9.17) is 0 Å². The van der Waals surface area contributed by atoms with Gasteiger partial charge in [-0.1, -0.05) is 176 Å². The molecule has 0 amide bonds. The summed E-state index contributed by atoms with van der Waals surface area (Å²) < 4.78 is 5.05. The predicted octanol–water partition coefficient (Wildman–Crippen LogP) is 15.4. The summed E-state index contributed by atoms with van der Waals surface area (Å²) in [6.45, 7) is -0.0215. The van der Waals surface area contributed by atoms with Gasteiger partial charge in [0.15, 0.2) is 0 Å². The zero-order valence-corrected chi connectivity index (χ0v) is 38.4. The molecule has 4 aromatic heterocycles. The Morgan fingerprint density at radius 1 is 0.268 bits per heavy atom. The molecule has 2 aliphatic heterocycles. The topological polar surface area (TPSA) is 15.3 Å². The third-order valence-electron chi connectivity index (χ3n) is 16.1. The molecule has 0 unspecified atom stereocenters. The van der Waals surface area contributed by atoms with Gasteiger partial charge in [-0.2, -0.15) is 0 Å². The molecule has 15 aromatic rings. The van der Waals surface area contributed by atoms with E-state index in [9.17, 15) is 0 Å². The van der Waals surface area contributed by atoms with Crippen molar-refractivity contribution in [2.75, 3.05) is 9.80 Å². The van der Waals surface area contributed by atoms with E-state index >= 15 is 0 Å². The molecule has 6 heterocycles. The third kappa shape index (κ3) is 4.80. The summed E-state index contributed by atoms with van der Waals surface area (Å²) in [5.41, 5.74) is 23.4. The quantitative estimate of drug-likeness (QED) is 0.164. The van der Waals surface area contributed by atoms with Crippen LogP contribution in [0.25, 0.3) is 98.4 Å². The summed E-state index contributed by atoms with van der Waals surface area (Å²) in [5, 5.41) is 10.3. The average molecular weight is 899 g/mol. The summed E-state index contributed by atoms with van der Waals surface area (Å²) in [6, 6.07) is 88.5. The Balaban J connectivity index is 0.929. The summed E-state index contributed by atoms with van der Waals surface area (Å²) in [7, 11) is 0. The van der Waals surface area contributed by atoms with Crippen molar-refractivity contribution in [3.63, 3.8) is 0 Å². The predicted molar refractivity (Wildman–Crippen MR) is 301 cm³/mol. The summed E-state index contributed by atoms with van der Waals surface area (Å²) in [4.78, 5) is 5.04. The highest BCUT2D eigenvalue weighted by Crippen LogP contribution is 2.48. The van der Waals surface area contributed by atoms with Crippen LogP contribution in [0.1, 0.15) is 0 Å². The van der Waals surface area contributed by atoms with Gasteiger partial charge in [0, 0.05) is 88.3 Å². The van der Waals surface area contributed by atoms with E-state index in [1.807, 2.05) is 0 Å². The molecule has 0 saturated heterocycles. The highest BCUT2D eigenvalue weighted by molar-refractivity contribution is 7.00. The molecule has 0 spiro atoms. The first-order valence-corrected chi connectivity index (χ1v) is 24.7. The highest BCUT2D eigenvalue weighted by Gasteiger charge is 2.43. The van der Waals surface area contributed by atoms with Crippen LogP contribution in [0.4, 0.5) is 34.1 Å². The second-order valence-electron chi connectivity index (χ2n) is 19.5. The Hall–Kier alpha value is -9.32. The van der Waals surface area contributed by atoms with E-state index in [-0.39, 0.29) is 6.71 Å². The minimum atomic E-state index is -0.0215. The third-order valence-corrected chi connectivity index (χ3v) is 16.1. The fourth-order valence-corrected chi connectivity index (χ4v) is 13.4.